The predicted octanol–water partition coefficient (Wildman–Crippen LogP) is 4.00. The summed E-state index contributed by atoms with van der Waals surface area (Å²) >= 11 is 3.46. The van der Waals surface area contributed by atoms with Crippen LogP contribution in [-0.4, -0.2) is 27.4 Å². The summed E-state index contributed by atoms with van der Waals surface area (Å²) in [6.07, 6.45) is 9.91. The van der Waals surface area contributed by atoms with E-state index in [9.17, 15) is 14.4 Å². The molecular formula is C21H26BrNO3. The topological polar surface area (TPSA) is 54.5 Å². The van der Waals surface area contributed by atoms with Crippen LogP contribution in [0, 0.1) is 28.6 Å². The van der Waals surface area contributed by atoms with E-state index < -0.39 is 0 Å². The average molecular weight is 420 g/mol. The summed E-state index contributed by atoms with van der Waals surface area (Å²) < 4.78 is 1.61. The lowest BCUT2D eigenvalue weighted by Crippen LogP contribution is -2.55. The van der Waals surface area contributed by atoms with Crippen molar-refractivity contribution in [3.8, 4) is 0 Å². The standard InChI is InChI=1S/C21H26BrNO3/c1-12(24)23(22)18-11-14-15-4-5-19(26)21(15,3)9-7-16(14)20(2)8-6-13(25)10-17(18)20/h6,8,10,14-16,18H,4-5,7,9,11H2,1-3H3/t14-,15-,16-,18+,20+,21-/m0/s1. The van der Waals surface area contributed by atoms with Crippen molar-refractivity contribution in [3.63, 3.8) is 0 Å². The highest BCUT2D eigenvalue weighted by Crippen LogP contribution is 2.64. The molecule has 0 bridgehead atoms. The number of fused-ring (bicyclic) bond motifs is 5. The first-order valence-corrected chi connectivity index (χ1v) is 10.3. The maximum absolute atomic E-state index is 12.6. The molecule has 0 aromatic carbocycles. The predicted molar refractivity (Wildman–Crippen MR) is 102 cm³/mol. The van der Waals surface area contributed by atoms with Gasteiger partial charge in [-0.25, -0.2) is 0 Å². The Balaban J connectivity index is 1.79. The zero-order chi connectivity index (χ0) is 18.9. The van der Waals surface area contributed by atoms with Crippen molar-refractivity contribution in [2.75, 3.05) is 0 Å². The van der Waals surface area contributed by atoms with E-state index in [-0.39, 0.29) is 28.6 Å². The number of carbonyl (C=O) groups is 3. The molecule has 5 heteroatoms. The fourth-order valence-corrected chi connectivity index (χ4v) is 6.84. The first-order chi connectivity index (χ1) is 12.2. The highest BCUT2D eigenvalue weighted by atomic mass is 79.9. The van der Waals surface area contributed by atoms with Gasteiger partial charge in [-0.1, -0.05) is 19.9 Å². The van der Waals surface area contributed by atoms with E-state index in [1.807, 2.05) is 0 Å². The van der Waals surface area contributed by atoms with E-state index in [4.69, 9.17) is 0 Å². The Morgan fingerprint density at radius 1 is 1.23 bits per heavy atom. The second kappa shape index (κ2) is 5.88. The summed E-state index contributed by atoms with van der Waals surface area (Å²) in [6.45, 7) is 5.92. The molecule has 0 spiro atoms. The third-order valence-electron chi connectivity index (χ3n) is 7.86. The first kappa shape index (κ1) is 18.1. The van der Waals surface area contributed by atoms with Gasteiger partial charge in [0.25, 0.3) is 0 Å². The van der Waals surface area contributed by atoms with Gasteiger partial charge in [0.1, 0.15) is 5.78 Å². The van der Waals surface area contributed by atoms with E-state index in [1.54, 1.807) is 23.0 Å². The summed E-state index contributed by atoms with van der Waals surface area (Å²) in [5.41, 5.74) is 0.618. The average Bonchev–Trinajstić information content (AvgIpc) is 2.90. The molecule has 4 rings (SSSR count). The lowest BCUT2D eigenvalue weighted by atomic mass is 9.47. The third kappa shape index (κ3) is 2.35. The summed E-state index contributed by atoms with van der Waals surface area (Å²) in [5.74, 6) is 1.56. The number of halogens is 1. The van der Waals surface area contributed by atoms with E-state index >= 15 is 0 Å². The quantitative estimate of drug-likeness (QED) is 0.603. The van der Waals surface area contributed by atoms with Gasteiger partial charge in [-0.3, -0.25) is 18.3 Å². The first-order valence-electron chi connectivity index (χ1n) is 9.62. The second-order valence-electron chi connectivity index (χ2n) is 8.99. The molecule has 6 atom stereocenters. The van der Waals surface area contributed by atoms with E-state index in [0.717, 1.165) is 31.3 Å². The van der Waals surface area contributed by atoms with Crippen molar-refractivity contribution >= 4 is 33.6 Å². The normalized spacial score (nSPS) is 44.1. The lowest BCUT2D eigenvalue weighted by molar-refractivity contribution is -0.133. The number of carbonyl (C=O) groups excluding carboxylic acids is 3. The van der Waals surface area contributed by atoms with Gasteiger partial charge < -0.3 is 0 Å². The molecule has 0 aromatic rings. The number of amides is 1. The van der Waals surface area contributed by atoms with Crippen molar-refractivity contribution in [1.29, 1.82) is 0 Å². The molecule has 3 fully saturated rings. The number of ketones is 2. The number of hydrogen-bond acceptors (Lipinski definition) is 3. The van der Waals surface area contributed by atoms with Crippen molar-refractivity contribution in [1.82, 2.24) is 3.93 Å². The Labute approximate surface area is 163 Å². The number of nitrogens with zero attached hydrogens (tertiary/aromatic N) is 1. The molecule has 0 unspecified atom stereocenters. The minimum atomic E-state index is -0.226. The van der Waals surface area contributed by atoms with Crippen LogP contribution < -0.4 is 0 Å². The van der Waals surface area contributed by atoms with Gasteiger partial charge in [-0.15, -0.1) is 0 Å². The molecule has 0 heterocycles. The van der Waals surface area contributed by atoms with Crippen LogP contribution >= 0.6 is 16.1 Å². The Kier molecular flexibility index (Phi) is 4.11. The largest absolute Gasteiger partial charge is 0.299 e. The van der Waals surface area contributed by atoms with Crippen LogP contribution in [0.25, 0.3) is 0 Å². The fraction of sp³-hybridized carbons (Fsp3) is 0.667. The highest BCUT2D eigenvalue weighted by Gasteiger charge is 2.60. The number of Topliss-reactive ketones (excluding diaryl/α,β-unsaturated/α-hetero) is 1. The second-order valence-corrected chi connectivity index (χ2v) is 9.76. The maximum atomic E-state index is 12.6. The highest BCUT2D eigenvalue weighted by molar-refractivity contribution is 9.07. The van der Waals surface area contributed by atoms with Crippen LogP contribution in [-0.2, 0) is 14.4 Å². The molecule has 0 saturated heterocycles. The minimum Gasteiger partial charge on any atom is -0.299 e. The van der Waals surface area contributed by atoms with Crippen molar-refractivity contribution < 1.29 is 14.4 Å². The van der Waals surface area contributed by atoms with Gasteiger partial charge in [-0.2, -0.15) is 0 Å². The Morgan fingerprint density at radius 3 is 2.65 bits per heavy atom. The molecule has 0 aliphatic heterocycles. The van der Waals surface area contributed by atoms with Gasteiger partial charge in [0.15, 0.2) is 5.78 Å². The van der Waals surface area contributed by atoms with E-state index in [1.165, 1.54) is 0 Å². The summed E-state index contributed by atoms with van der Waals surface area (Å²) in [5, 5.41) is 0. The lowest BCUT2D eigenvalue weighted by Gasteiger charge is -2.58. The van der Waals surface area contributed by atoms with Crippen molar-refractivity contribution in [2.24, 2.45) is 28.6 Å². The van der Waals surface area contributed by atoms with Crippen LogP contribution in [0.15, 0.2) is 23.8 Å². The van der Waals surface area contributed by atoms with E-state index in [2.05, 4.69) is 36.1 Å². The van der Waals surface area contributed by atoms with Crippen LogP contribution in [0.3, 0.4) is 0 Å². The SMILES string of the molecule is CC(=O)N(Br)[C@@H]1C[C@@H]2[C@H](CC[C@]3(C)C(=O)CC[C@@H]23)[C@@]2(C)C=CC(=O)C=C12. The molecule has 4 aliphatic rings. The molecule has 0 aromatic heterocycles. The van der Waals surface area contributed by atoms with E-state index in [0.29, 0.717) is 30.0 Å². The van der Waals surface area contributed by atoms with Gasteiger partial charge in [0.2, 0.25) is 5.91 Å². The Hall–Kier alpha value is -1.23. The number of rotatable bonds is 1. The Bertz CT molecular complexity index is 756. The van der Waals surface area contributed by atoms with Gasteiger partial charge in [0.05, 0.1) is 22.2 Å². The summed E-state index contributed by atoms with van der Waals surface area (Å²) in [7, 11) is 0. The van der Waals surface area contributed by atoms with Crippen LogP contribution in [0.2, 0.25) is 0 Å². The fourth-order valence-electron chi connectivity index (χ4n) is 6.45. The van der Waals surface area contributed by atoms with Crippen molar-refractivity contribution in [2.45, 2.75) is 58.9 Å². The molecule has 26 heavy (non-hydrogen) atoms. The molecule has 1 amide bonds. The van der Waals surface area contributed by atoms with Gasteiger partial charge in [-0.05, 0) is 61.2 Å². The zero-order valence-electron chi connectivity index (χ0n) is 15.6. The van der Waals surface area contributed by atoms with Gasteiger partial charge in [0, 0.05) is 24.2 Å². The van der Waals surface area contributed by atoms with Crippen LogP contribution in [0.4, 0.5) is 0 Å². The minimum absolute atomic E-state index is 0.00192. The third-order valence-corrected chi connectivity index (χ3v) is 8.85. The molecule has 3 saturated carbocycles. The number of hydrogen-bond donors (Lipinski definition) is 0. The molecule has 140 valence electrons. The molecule has 4 aliphatic carbocycles. The molecule has 0 N–H and O–H groups in total. The monoisotopic (exact) mass is 419 g/mol. The molecular weight excluding hydrogens is 394 g/mol. The van der Waals surface area contributed by atoms with Crippen molar-refractivity contribution in [3.05, 3.63) is 23.8 Å². The van der Waals surface area contributed by atoms with Gasteiger partial charge >= 0.3 is 0 Å². The smallest absolute Gasteiger partial charge is 0.229 e. The summed E-state index contributed by atoms with van der Waals surface area (Å²) in [4.78, 5) is 36.8. The van der Waals surface area contributed by atoms with Crippen LogP contribution in [0.1, 0.15) is 52.9 Å². The summed E-state index contributed by atoms with van der Waals surface area (Å²) in [6, 6.07) is -0.134. The molecule has 0 radical (unpaired) electrons. The molecule has 4 nitrogen and oxygen atoms in total. The number of allylic oxidation sites excluding steroid dienone is 3. The maximum Gasteiger partial charge on any atom is 0.229 e. The Morgan fingerprint density at radius 2 is 1.96 bits per heavy atom. The van der Waals surface area contributed by atoms with Crippen LogP contribution in [0.5, 0.6) is 0 Å². The zero-order valence-corrected chi connectivity index (χ0v) is 17.2.